The molecule has 8 nitrogen and oxygen atoms in total. The number of nitrogens with one attached hydrogen (secondary N) is 2. The molecule has 2 heterocycles. The number of nitrogens with zero attached hydrogens (tertiary/aromatic N) is 2. The van der Waals surface area contributed by atoms with Crippen molar-refractivity contribution in [3.05, 3.63) is 62.4 Å². The Morgan fingerprint density at radius 1 is 1.28 bits per heavy atom. The van der Waals surface area contributed by atoms with Crippen LogP contribution in [0.4, 0.5) is 0 Å². The molecule has 0 bridgehead atoms. The number of piperazine rings is 1. The van der Waals surface area contributed by atoms with Crippen molar-refractivity contribution in [2.75, 3.05) is 26.7 Å². The summed E-state index contributed by atoms with van der Waals surface area (Å²) in [6.07, 6.45) is 1.28. The van der Waals surface area contributed by atoms with Crippen molar-refractivity contribution in [2.45, 2.75) is 6.04 Å². The molecule has 0 aliphatic carbocycles. The van der Waals surface area contributed by atoms with Crippen molar-refractivity contribution in [2.24, 2.45) is 7.05 Å². The summed E-state index contributed by atoms with van der Waals surface area (Å²) in [4.78, 5) is 40.4. The molecule has 8 heteroatoms. The summed E-state index contributed by atoms with van der Waals surface area (Å²) in [7, 11) is 3.07. The van der Waals surface area contributed by atoms with E-state index < -0.39 is 17.2 Å². The monoisotopic (exact) mass is 344 g/mol. The van der Waals surface area contributed by atoms with Crippen LogP contribution in [0, 0.1) is 0 Å². The van der Waals surface area contributed by atoms with Gasteiger partial charge in [-0.05, 0) is 6.07 Å². The van der Waals surface area contributed by atoms with E-state index in [1.807, 2.05) is 24.3 Å². The molecule has 0 saturated carbocycles. The Labute approximate surface area is 144 Å². The lowest BCUT2D eigenvalue weighted by Gasteiger charge is -2.37. The lowest BCUT2D eigenvalue weighted by atomic mass is 10.0. The second kappa shape index (κ2) is 6.94. The second-order valence-electron chi connectivity index (χ2n) is 5.87. The molecule has 132 valence electrons. The Bertz CT molecular complexity index is 902. The first-order chi connectivity index (χ1) is 12.0. The number of aromatic nitrogens is 2. The number of para-hydroxylation sites is 1. The van der Waals surface area contributed by atoms with E-state index in [1.165, 1.54) is 17.8 Å². The van der Waals surface area contributed by atoms with E-state index in [2.05, 4.69) is 10.3 Å². The van der Waals surface area contributed by atoms with E-state index in [9.17, 15) is 14.4 Å². The number of methoxy groups -OCH3 is 1. The first kappa shape index (κ1) is 17.0. The van der Waals surface area contributed by atoms with Gasteiger partial charge in [0, 0.05) is 38.4 Å². The SMILES string of the molecule is COc1ccccc1C1CNCCN1C(=O)c1cn(C)c(=O)[nH]c1=O. The summed E-state index contributed by atoms with van der Waals surface area (Å²) in [6.45, 7) is 1.63. The van der Waals surface area contributed by atoms with Gasteiger partial charge in [0.25, 0.3) is 11.5 Å². The van der Waals surface area contributed by atoms with Gasteiger partial charge >= 0.3 is 5.69 Å². The molecule has 1 amide bonds. The molecule has 1 aromatic carbocycles. The van der Waals surface area contributed by atoms with E-state index in [1.54, 1.807) is 12.0 Å². The number of carbonyl (C=O) groups is 1. The van der Waals surface area contributed by atoms with Gasteiger partial charge in [-0.1, -0.05) is 18.2 Å². The smallest absolute Gasteiger partial charge is 0.328 e. The molecule has 1 atom stereocenters. The van der Waals surface area contributed by atoms with Gasteiger partial charge in [0.2, 0.25) is 0 Å². The molecule has 25 heavy (non-hydrogen) atoms. The van der Waals surface area contributed by atoms with Crippen LogP contribution in [-0.4, -0.2) is 47.1 Å². The van der Waals surface area contributed by atoms with E-state index in [0.29, 0.717) is 25.4 Å². The standard InChI is InChI=1S/C17H20N4O4/c1-20-10-12(15(22)19-17(20)24)16(23)21-8-7-18-9-13(21)11-5-3-4-6-14(11)25-2/h3-6,10,13,18H,7-9H2,1-2H3,(H,19,22,24). The minimum Gasteiger partial charge on any atom is -0.496 e. The Hall–Kier alpha value is -2.87. The normalized spacial score (nSPS) is 17.4. The van der Waals surface area contributed by atoms with Crippen molar-refractivity contribution in [3.63, 3.8) is 0 Å². The molecule has 1 aliphatic rings. The number of benzene rings is 1. The van der Waals surface area contributed by atoms with Crippen molar-refractivity contribution in [3.8, 4) is 5.75 Å². The number of amides is 1. The minimum absolute atomic E-state index is 0.0519. The predicted octanol–water partition coefficient (Wildman–Crippen LogP) is -0.131. The van der Waals surface area contributed by atoms with Crippen molar-refractivity contribution in [1.29, 1.82) is 0 Å². The van der Waals surface area contributed by atoms with E-state index >= 15 is 0 Å². The molecule has 3 rings (SSSR count). The lowest BCUT2D eigenvalue weighted by molar-refractivity contribution is 0.0628. The van der Waals surface area contributed by atoms with E-state index in [-0.39, 0.29) is 11.6 Å². The van der Waals surface area contributed by atoms with Gasteiger partial charge in [-0.25, -0.2) is 4.79 Å². The van der Waals surface area contributed by atoms with Crippen molar-refractivity contribution < 1.29 is 9.53 Å². The third-order valence-electron chi connectivity index (χ3n) is 4.34. The largest absolute Gasteiger partial charge is 0.496 e. The summed E-state index contributed by atoms with van der Waals surface area (Å²) in [5.74, 6) is 0.276. The first-order valence-corrected chi connectivity index (χ1v) is 7.97. The molecule has 1 unspecified atom stereocenters. The van der Waals surface area contributed by atoms with Crippen LogP contribution in [0.2, 0.25) is 0 Å². The van der Waals surface area contributed by atoms with Crippen LogP contribution >= 0.6 is 0 Å². The van der Waals surface area contributed by atoms with Gasteiger partial charge in [0.1, 0.15) is 11.3 Å². The zero-order valence-corrected chi connectivity index (χ0v) is 14.1. The van der Waals surface area contributed by atoms with Crippen LogP contribution in [-0.2, 0) is 7.05 Å². The van der Waals surface area contributed by atoms with Gasteiger partial charge in [0.15, 0.2) is 0 Å². The number of hydrogen-bond acceptors (Lipinski definition) is 5. The highest BCUT2D eigenvalue weighted by Crippen LogP contribution is 2.30. The molecular formula is C17H20N4O4. The van der Waals surface area contributed by atoms with E-state index in [4.69, 9.17) is 4.74 Å². The molecule has 1 saturated heterocycles. The van der Waals surface area contributed by atoms with Crippen molar-refractivity contribution >= 4 is 5.91 Å². The van der Waals surface area contributed by atoms with E-state index in [0.717, 1.165) is 5.56 Å². The highest BCUT2D eigenvalue weighted by molar-refractivity contribution is 5.94. The number of H-pyrrole nitrogens is 1. The topological polar surface area (TPSA) is 96.4 Å². The Morgan fingerprint density at radius 3 is 2.80 bits per heavy atom. The number of aromatic amines is 1. The molecule has 0 spiro atoms. The van der Waals surface area contributed by atoms with Crippen LogP contribution in [0.25, 0.3) is 0 Å². The number of ether oxygens (including phenoxy) is 1. The van der Waals surface area contributed by atoms with Crippen LogP contribution < -0.4 is 21.3 Å². The number of hydrogen-bond donors (Lipinski definition) is 2. The molecule has 2 aromatic rings. The molecule has 0 radical (unpaired) electrons. The Balaban J connectivity index is 2.02. The summed E-state index contributed by atoms with van der Waals surface area (Å²) in [5, 5.41) is 3.27. The molecule has 1 aliphatic heterocycles. The fourth-order valence-electron chi connectivity index (χ4n) is 3.04. The lowest BCUT2D eigenvalue weighted by Crippen LogP contribution is -2.50. The van der Waals surface area contributed by atoms with Gasteiger partial charge in [0.05, 0.1) is 13.2 Å². The van der Waals surface area contributed by atoms with Crippen LogP contribution in [0.1, 0.15) is 22.0 Å². The zero-order chi connectivity index (χ0) is 18.0. The summed E-state index contributed by atoms with van der Waals surface area (Å²) in [5.41, 5.74) is -0.413. The summed E-state index contributed by atoms with van der Waals surface area (Å²) >= 11 is 0. The van der Waals surface area contributed by atoms with Gasteiger partial charge in [-0.2, -0.15) is 0 Å². The average molecular weight is 344 g/mol. The Morgan fingerprint density at radius 2 is 2.04 bits per heavy atom. The van der Waals surface area contributed by atoms with Gasteiger partial charge in [-0.15, -0.1) is 0 Å². The van der Waals surface area contributed by atoms with Crippen LogP contribution in [0.5, 0.6) is 5.75 Å². The summed E-state index contributed by atoms with van der Waals surface area (Å²) in [6, 6.07) is 7.22. The van der Waals surface area contributed by atoms with Gasteiger partial charge in [-0.3, -0.25) is 14.6 Å². The third kappa shape index (κ3) is 3.20. The fourth-order valence-corrected chi connectivity index (χ4v) is 3.04. The number of aryl methyl sites for hydroxylation is 1. The third-order valence-corrected chi connectivity index (χ3v) is 4.34. The summed E-state index contributed by atoms with van der Waals surface area (Å²) < 4.78 is 6.60. The molecular weight excluding hydrogens is 324 g/mol. The van der Waals surface area contributed by atoms with Crippen molar-refractivity contribution in [1.82, 2.24) is 19.8 Å². The first-order valence-electron chi connectivity index (χ1n) is 7.97. The maximum absolute atomic E-state index is 13.0. The number of rotatable bonds is 3. The minimum atomic E-state index is -0.676. The quantitative estimate of drug-likeness (QED) is 0.808. The van der Waals surface area contributed by atoms with Crippen LogP contribution in [0.3, 0.4) is 0 Å². The second-order valence-corrected chi connectivity index (χ2v) is 5.87. The highest BCUT2D eigenvalue weighted by Gasteiger charge is 2.31. The average Bonchev–Trinajstić information content (AvgIpc) is 2.64. The maximum Gasteiger partial charge on any atom is 0.328 e. The number of carbonyl (C=O) groups excluding carboxylic acids is 1. The van der Waals surface area contributed by atoms with Crippen LogP contribution in [0.15, 0.2) is 40.1 Å². The highest BCUT2D eigenvalue weighted by atomic mass is 16.5. The van der Waals surface area contributed by atoms with Gasteiger partial charge < -0.3 is 19.5 Å². The Kier molecular flexibility index (Phi) is 4.71. The predicted molar refractivity (Wildman–Crippen MR) is 91.9 cm³/mol. The maximum atomic E-state index is 13.0. The molecule has 1 aromatic heterocycles. The molecule has 2 N–H and O–H groups in total. The zero-order valence-electron chi connectivity index (χ0n) is 14.1. The fraction of sp³-hybridized carbons (Fsp3) is 0.353. The molecule has 1 fully saturated rings.